The molecule has 0 saturated heterocycles. The molecule has 3 heteroatoms. The molecule has 1 heterocycles. The lowest BCUT2D eigenvalue weighted by molar-refractivity contribution is 0.471. The minimum Gasteiger partial charge on any atom is -0.387 e. The molecule has 1 fully saturated rings. The molecule has 1 aliphatic carbocycles. The van der Waals surface area contributed by atoms with Crippen LogP contribution < -0.4 is 10.6 Å². The Hall–Kier alpha value is -1.25. The molecule has 2 rings (SSSR count). The Bertz CT molecular complexity index is 330. The maximum atomic E-state index is 4.24. The maximum Gasteiger partial charge on any atom is 0.0549 e. The topological polar surface area (TPSA) is 37.0 Å². The molecule has 3 nitrogen and oxygen atoms in total. The molecule has 17 heavy (non-hydrogen) atoms. The van der Waals surface area contributed by atoms with Crippen LogP contribution in [0, 0.1) is 0 Å². The first-order valence-corrected chi connectivity index (χ1v) is 6.78. The Morgan fingerprint density at radius 1 is 1.00 bits per heavy atom. The molecule has 0 radical (unpaired) electrons. The van der Waals surface area contributed by atoms with Gasteiger partial charge in [0.15, 0.2) is 0 Å². The van der Waals surface area contributed by atoms with Crippen LogP contribution in [0.2, 0.25) is 0 Å². The van der Waals surface area contributed by atoms with E-state index in [9.17, 15) is 0 Å². The van der Waals surface area contributed by atoms with Crippen molar-refractivity contribution in [2.24, 2.45) is 0 Å². The lowest BCUT2D eigenvalue weighted by Crippen LogP contribution is -2.20. The minimum absolute atomic E-state index is 0.629. The van der Waals surface area contributed by atoms with Crippen molar-refractivity contribution in [3.05, 3.63) is 18.5 Å². The van der Waals surface area contributed by atoms with Crippen LogP contribution in [-0.4, -0.2) is 18.1 Å². The van der Waals surface area contributed by atoms with E-state index in [1.165, 1.54) is 44.9 Å². The van der Waals surface area contributed by atoms with E-state index in [2.05, 4.69) is 21.7 Å². The molecule has 0 atom stereocenters. The van der Waals surface area contributed by atoms with Crippen LogP contribution in [0.5, 0.6) is 0 Å². The first kappa shape index (κ1) is 12.2. The van der Waals surface area contributed by atoms with Gasteiger partial charge in [-0.1, -0.05) is 32.1 Å². The highest BCUT2D eigenvalue weighted by Gasteiger charge is 2.11. The van der Waals surface area contributed by atoms with E-state index >= 15 is 0 Å². The van der Waals surface area contributed by atoms with E-state index in [1.54, 1.807) is 0 Å². The summed E-state index contributed by atoms with van der Waals surface area (Å²) >= 11 is 0. The zero-order chi connectivity index (χ0) is 11.9. The molecule has 0 bridgehead atoms. The van der Waals surface area contributed by atoms with Gasteiger partial charge in [0.1, 0.15) is 0 Å². The molecule has 0 aromatic carbocycles. The van der Waals surface area contributed by atoms with Gasteiger partial charge in [0.25, 0.3) is 0 Å². The normalized spacial score (nSPS) is 18.2. The van der Waals surface area contributed by atoms with Crippen LogP contribution in [0.1, 0.15) is 44.9 Å². The molecule has 2 N–H and O–H groups in total. The van der Waals surface area contributed by atoms with Crippen molar-refractivity contribution in [3.8, 4) is 0 Å². The number of rotatable bonds is 3. The molecule has 0 spiro atoms. The fourth-order valence-corrected chi connectivity index (χ4v) is 2.49. The van der Waals surface area contributed by atoms with Crippen LogP contribution in [0.25, 0.3) is 0 Å². The summed E-state index contributed by atoms with van der Waals surface area (Å²) in [6.07, 6.45) is 13.3. The van der Waals surface area contributed by atoms with Gasteiger partial charge >= 0.3 is 0 Å². The average Bonchev–Trinajstić information content (AvgIpc) is 2.33. The Kier molecular flexibility index (Phi) is 4.65. The molecule has 1 aliphatic rings. The van der Waals surface area contributed by atoms with Crippen molar-refractivity contribution in [2.75, 3.05) is 17.7 Å². The molecular formula is C14H23N3. The first-order chi connectivity index (χ1) is 8.38. The number of pyridine rings is 1. The standard InChI is InChI=1S/C14H23N3/c1-15-13-9-14(11-16-10-13)17-12-7-5-3-2-4-6-8-12/h9-12,15,17H,2-8H2,1H3. The summed E-state index contributed by atoms with van der Waals surface area (Å²) in [5, 5.41) is 6.75. The number of nitrogens with one attached hydrogen (secondary N) is 2. The number of aromatic nitrogens is 1. The highest BCUT2D eigenvalue weighted by atomic mass is 14.9. The lowest BCUT2D eigenvalue weighted by Gasteiger charge is -2.22. The largest absolute Gasteiger partial charge is 0.387 e. The van der Waals surface area contributed by atoms with Crippen molar-refractivity contribution in [2.45, 2.75) is 51.0 Å². The van der Waals surface area contributed by atoms with E-state index in [0.717, 1.165) is 11.4 Å². The van der Waals surface area contributed by atoms with Gasteiger partial charge < -0.3 is 10.6 Å². The van der Waals surface area contributed by atoms with E-state index in [-0.39, 0.29) is 0 Å². The highest BCUT2D eigenvalue weighted by molar-refractivity contribution is 5.53. The maximum absolute atomic E-state index is 4.24. The van der Waals surface area contributed by atoms with Gasteiger partial charge in [-0.15, -0.1) is 0 Å². The minimum atomic E-state index is 0.629. The third kappa shape index (κ3) is 3.91. The summed E-state index contributed by atoms with van der Waals surface area (Å²) in [5.41, 5.74) is 2.21. The third-order valence-electron chi connectivity index (χ3n) is 3.50. The van der Waals surface area contributed by atoms with Gasteiger partial charge in [-0.3, -0.25) is 4.98 Å². The Balaban J connectivity index is 1.93. The SMILES string of the molecule is CNc1cncc(NC2CCCCCCC2)c1. The predicted octanol–water partition coefficient (Wildman–Crippen LogP) is 3.65. The van der Waals surface area contributed by atoms with Gasteiger partial charge in [0.2, 0.25) is 0 Å². The summed E-state index contributed by atoms with van der Waals surface area (Å²) < 4.78 is 0. The van der Waals surface area contributed by atoms with Crippen molar-refractivity contribution >= 4 is 11.4 Å². The summed E-state index contributed by atoms with van der Waals surface area (Å²) in [7, 11) is 1.93. The number of hydrogen-bond acceptors (Lipinski definition) is 3. The third-order valence-corrected chi connectivity index (χ3v) is 3.50. The molecule has 94 valence electrons. The fourth-order valence-electron chi connectivity index (χ4n) is 2.49. The van der Waals surface area contributed by atoms with Crippen molar-refractivity contribution in [3.63, 3.8) is 0 Å². The molecule has 1 saturated carbocycles. The predicted molar refractivity (Wildman–Crippen MR) is 73.5 cm³/mol. The van der Waals surface area contributed by atoms with Crippen molar-refractivity contribution in [1.82, 2.24) is 4.98 Å². The zero-order valence-corrected chi connectivity index (χ0v) is 10.7. The van der Waals surface area contributed by atoms with Crippen molar-refractivity contribution < 1.29 is 0 Å². The lowest BCUT2D eigenvalue weighted by atomic mass is 9.96. The van der Waals surface area contributed by atoms with Gasteiger partial charge in [-0.05, 0) is 18.9 Å². The van der Waals surface area contributed by atoms with Crippen LogP contribution >= 0.6 is 0 Å². The molecule has 0 aliphatic heterocycles. The Morgan fingerprint density at radius 3 is 2.35 bits per heavy atom. The monoisotopic (exact) mass is 233 g/mol. The van der Waals surface area contributed by atoms with E-state index in [4.69, 9.17) is 0 Å². The smallest absolute Gasteiger partial charge is 0.0549 e. The van der Waals surface area contributed by atoms with Gasteiger partial charge in [0.05, 0.1) is 23.8 Å². The summed E-state index contributed by atoms with van der Waals surface area (Å²) in [6.45, 7) is 0. The van der Waals surface area contributed by atoms with Crippen LogP contribution in [0.3, 0.4) is 0 Å². The van der Waals surface area contributed by atoms with E-state index < -0.39 is 0 Å². The number of anilines is 2. The second-order valence-electron chi connectivity index (χ2n) is 4.90. The molecule has 1 aromatic heterocycles. The number of hydrogen-bond donors (Lipinski definition) is 2. The van der Waals surface area contributed by atoms with Gasteiger partial charge in [-0.25, -0.2) is 0 Å². The summed E-state index contributed by atoms with van der Waals surface area (Å²) in [4.78, 5) is 4.24. The van der Waals surface area contributed by atoms with Gasteiger partial charge in [-0.2, -0.15) is 0 Å². The van der Waals surface area contributed by atoms with Crippen LogP contribution in [-0.2, 0) is 0 Å². The molecule has 1 aromatic rings. The summed E-state index contributed by atoms with van der Waals surface area (Å²) in [5.74, 6) is 0. The first-order valence-electron chi connectivity index (χ1n) is 6.78. The second-order valence-corrected chi connectivity index (χ2v) is 4.90. The van der Waals surface area contributed by atoms with Crippen LogP contribution in [0.15, 0.2) is 18.5 Å². The molecular weight excluding hydrogens is 210 g/mol. The zero-order valence-electron chi connectivity index (χ0n) is 10.7. The number of nitrogens with zero attached hydrogens (tertiary/aromatic N) is 1. The Labute approximate surface area is 104 Å². The summed E-state index contributed by atoms with van der Waals surface area (Å²) in [6, 6.07) is 2.76. The molecule has 0 unspecified atom stereocenters. The van der Waals surface area contributed by atoms with E-state index in [1.807, 2.05) is 19.4 Å². The Morgan fingerprint density at radius 2 is 1.65 bits per heavy atom. The van der Waals surface area contributed by atoms with Crippen molar-refractivity contribution in [1.29, 1.82) is 0 Å². The average molecular weight is 233 g/mol. The fraction of sp³-hybridized carbons (Fsp3) is 0.643. The van der Waals surface area contributed by atoms with Crippen LogP contribution in [0.4, 0.5) is 11.4 Å². The van der Waals surface area contributed by atoms with Gasteiger partial charge in [0, 0.05) is 13.1 Å². The highest BCUT2D eigenvalue weighted by Crippen LogP contribution is 2.21. The second kappa shape index (κ2) is 6.48. The van der Waals surface area contributed by atoms with E-state index in [0.29, 0.717) is 6.04 Å². The molecule has 0 amide bonds. The quantitative estimate of drug-likeness (QED) is 0.836.